The Kier molecular flexibility index (Phi) is 18.6. The van der Waals surface area contributed by atoms with Crippen LogP contribution in [0.4, 0.5) is 16.2 Å². The molecule has 0 fully saturated rings. The van der Waals surface area contributed by atoms with Gasteiger partial charge in [0.05, 0.1) is 20.8 Å². The number of hydrogen-bond acceptors (Lipinski definition) is 13. The van der Waals surface area contributed by atoms with Crippen molar-refractivity contribution in [2.24, 2.45) is 0 Å². The Morgan fingerprint density at radius 1 is 0.808 bits per heavy atom. The zero-order chi connectivity index (χ0) is 38.6. The van der Waals surface area contributed by atoms with Crippen molar-refractivity contribution >= 4 is 53.0 Å². The molecule has 2 rings (SSSR count). The molecule has 0 heterocycles. The largest absolute Gasteiger partial charge is 0.461 e. The molecule has 2 atom stereocenters. The van der Waals surface area contributed by atoms with E-state index in [-0.39, 0.29) is 36.2 Å². The van der Waals surface area contributed by atoms with Crippen LogP contribution in [0.25, 0.3) is 0 Å². The molecule has 0 radical (unpaired) electrons. The topological polar surface area (TPSA) is 235 Å². The van der Waals surface area contributed by atoms with Crippen LogP contribution in [0.1, 0.15) is 71.8 Å². The van der Waals surface area contributed by atoms with E-state index in [1.165, 1.54) is 0 Å². The number of benzene rings is 2. The monoisotopic (exact) mass is 747 g/mol. The Bertz CT molecular complexity index is 1540. The Morgan fingerprint density at radius 3 is 2.04 bits per heavy atom. The molecule has 0 saturated carbocycles. The first-order chi connectivity index (χ1) is 24.8. The average Bonchev–Trinajstić information content (AvgIpc) is 3.14. The van der Waals surface area contributed by atoms with Gasteiger partial charge in [-0.1, -0.05) is 58.0 Å². The van der Waals surface area contributed by atoms with Crippen LogP contribution < -0.4 is 16.0 Å². The molecule has 0 aliphatic rings. The standard InChI is InChI=1S/C34H45N5O12S/c1-5-24(6-2)50-31(41)19-35-32(42)27(21-52-29-16-14-23(38(45)46)18-28(29)39(47)48)36-30(40)17-15-26(33(43)51-25(7-3)8-4)37-34(44)49-20-22-12-10-9-11-13-22/h9-14,16,18,24-27H,5-8,15,17,19-21H2,1-4H3,(H,35,42)(H,36,40)(H,37,44)/t26-,27-/m0/s1. The predicted molar refractivity (Wildman–Crippen MR) is 189 cm³/mol. The summed E-state index contributed by atoms with van der Waals surface area (Å²) in [7, 11) is 0. The minimum Gasteiger partial charge on any atom is -0.461 e. The van der Waals surface area contributed by atoms with E-state index >= 15 is 0 Å². The molecule has 17 nitrogen and oxygen atoms in total. The van der Waals surface area contributed by atoms with E-state index < -0.39 is 75.8 Å². The summed E-state index contributed by atoms with van der Waals surface area (Å²) in [5.74, 6) is -3.35. The number of nitro benzene ring substituents is 2. The number of nitrogens with one attached hydrogen (secondary N) is 3. The molecule has 3 amide bonds. The zero-order valence-corrected chi connectivity index (χ0v) is 30.3. The van der Waals surface area contributed by atoms with Crippen molar-refractivity contribution < 1.29 is 48.0 Å². The van der Waals surface area contributed by atoms with Crippen molar-refractivity contribution in [2.45, 2.75) is 102 Å². The molecule has 0 bridgehead atoms. The highest BCUT2D eigenvalue weighted by atomic mass is 32.2. The fourth-order valence-electron chi connectivity index (χ4n) is 4.61. The first-order valence-corrected chi connectivity index (χ1v) is 17.8. The number of esters is 2. The van der Waals surface area contributed by atoms with E-state index in [0.29, 0.717) is 31.2 Å². The molecular formula is C34H45N5O12S. The molecule has 0 saturated heterocycles. The zero-order valence-electron chi connectivity index (χ0n) is 29.5. The van der Waals surface area contributed by atoms with Gasteiger partial charge in [-0.2, -0.15) is 0 Å². The second-order valence-electron chi connectivity index (χ2n) is 11.4. The van der Waals surface area contributed by atoms with Crippen molar-refractivity contribution in [3.05, 3.63) is 74.3 Å². The lowest BCUT2D eigenvalue weighted by Crippen LogP contribution is -2.50. The molecule has 2 aromatic rings. The Balaban J connectivity index is 2.21. The Morgan fingerprint density at radius 2 is 1.44 bits per heavy atom. The van der Waals surface area contributed by atoms with Crippen LogP contribution >= 0.6 is 11.8 Å². The van der Waals surface area contributed by atoms with E-state index in [1.807, 2.05) is 27.7 Å². The third-order valence-electron chi connectivity index (χ3n) is 7.67. The lowest BCUT2D eigenvalue weighted by Gasteiger charge is -2.22. The second kappa shape index (κ2) is 22.5. The first kappa shape index (κ1) is 42.9. The van der Waals surface area contributed by atoms with Crippen molar-refractivity contribution in [1.82, 2.24) is 16.0 Å². The van der Waals surface area contributed by atoms with Crippen molar-refractivity contribution in [1.29, 1.82) is 0 Å². The first-order valence-electron chi connectivity index (χ1n) is 16.8. The fraction of sp³-hybridized carbons (Fsp3) is 0.500. The van der Waals surface area contributed by atoms with Crippen LogP contribution in [-0.4, -0.2) is 76.3 Å². The number of thioether (sulfide) groups is 1. The van der Waals surface area contributed by atoms with Crippen molar-refractivity contribution in [3.8, 4) is 0 Å². The molecule has 2 aromatic carbocycles. The van der Waals surface area contributed by atoms with Gasteiger partial charge in [0.2, 0.25) is 11.8 Å². The average molecular weight is 748 g/mol. The maximum absolute atomic E-state index is 13.2. The highest BCUT2D eigenvalue weighted by Gasteiger charge is 2.29. The van der Waals surface area contributed by atoms with Gasteiger partial charge in [-0.3, -0.25) is 34.6 Å². The molecule has 3 N–H and O–H groups in total. The summed E-state index contributed by atoms with van der Waals surface area (Å²) in [5.41, 5.74) is -0.384. The summed E-state index contributed by atoms with van der Waals surface area (Å²) in [5, 5.41) is 30.2. The number of nitrogens with zero attached hydrogens (tertiary/aromatic N) is 2. The maximum atomic E-state index is 13.2. The molecule has 18 heteroatoms. The third kappa shape index (κ3) is 14.9. The van der Waals surface area contributed by atoms with E-state index in [0.717, 1.165) is 30.0 Å². The number of carbonyl (C=O) groups is 5. The summed E-state index contributed by atoms with van der Waals surface area (Å²) < 4.78 is 16.1. The smallest absolute Gasteiger partial charge is 0.408 e. The molecule has 0 aromatic heterocycles. The minimum absolute atomic E-state index is 0.0155. The van der Waals surface area contributed by atoms with Crippen LogP contribution in [0.2, 0.25) is 0 Å². The van der Waals surface area contributed by atoms with Gasteiger partial charge in [0.15, 0.2) is 0 Å². The number of ether oxygens (including phenoxy) is 3. The second-order valence-corrected chi connectivity index (χ2v) is 12.5. The van der Waals surface area contributed by atoms with Crippen LogP contribution in [0.15, 0.2) is 53.4 Å². The van der Waals surface area contributed by atoms with E-state index in [1.54, 1.807) is 30.3 Å². The van der Waals surface area contributed by atoms with Crippen molar-refractivity contribution in [3.63, 3.8) is 0 Å². The van der Waals surface area contributed by atoms with Gasteiger partial charge in [-0.05, 0) is 43.7 Å². The quantitative estimate of drug-likeness (QED) is 0.0486. The SMILES string of the molecule is CCC(CC)OC(=O)CNC(=O)[C@H](CSc1ccc([N+](=O)[O-])cc1[N+](=O)[O-])NC(=O)CC[C@H](NC(=O)OCc1ccccc1)C(=O)OC(CC)CC. The van der Waals surface area contributed by atoms with Crippen LogP contribution in [0, 0.1) is 20.2 Å². The number of amides is 3. The maximum Gasteiger partial charge on any atom is 0.408 e. The van der Waals surface area contributed by atoms with Gasteiger partial charge in [0.25, 0.3) is 11.4 Å². The number of alkyl carbamates (subject to hydrolysis) is 1. The summed E-state index contributed by atoms with van der Waals surface area (Å²) in [6, 6.07) is 9.17. The Labute approximate surface area is 305 Å². The number of rotatable bonds is 22. The van der Waals surface area contributed by atoms with Crippen LogP contribution in [-0.2, 0) is 40.0 Å². The molecule has 0 unspecified atom stereocenters. The highest BCUT2D eigenvalue weighted by Crippen LogP contribution is 2.33. The minimum atomic E-state index is -1.37. The van der Waals surface area contributed by atoms with Gasteiger partial charge >= 0.3 is 18.0 Å². The van der Waals surface area contributed by atoms with E-state index in [9.17, 15) is 44.2 Å². The lowest BCUT2D eigenvalue weighted by atomic mass is 10.1. The number of hydrogen-bond donors (Lipinski definition) is 3. The number of nitro groups is 2. The molecule has 284 valence electrons. The van der Waals surface area contributed by atoms with Crippen LogP contribution in [0.5, 0.6) is 0 Å². The fourth-order valence-corrected chi connectivity index (χ4v) is 5.63. The van der Waals surface area contributed by atoms with Gasteiger partial charge < -0.3 is 30.2 Å². The molecular weight excluding hydrogens is 702 g/mol. The van der Waals surface area contributed by atoms with E-state index in [2.05, 4.69) is 16.0 Å². The normalized spacial score (nSPS) is 12.0. The molecule has 0 aliphatic heterocycles. The molecule has 0 aliphatic carbocycles. The third-order valence-corrected chi connectivity index (χ3v) is 8.82. The van der Waals surface area contributed by atoms with Crippen LogP contribution in [0.3, 0.4) is 0 Å². The molecule has 52 heavy (non-hydrogen) atoms. The van der Waals surface area contributed by atoms with Gasteiger partial charge in [0, 0.05) is 18.2 Å². The van der Waals surface area contributed by atoms with Crippen molar-refractivity contribution in [2.75, 3.05) is 12.3 Å². The summed E-state index contributed by atoms with van der Waals surface area (Å²) in [4.78, 5) is 85.7. The van der Waals surface area contributed by atoms with Gasteiger partial charge in [-0.15, -0.1) is 11.8 Å². The summed E-state index contributed by atoms with van der Waals surface area (Å²) >= 11 is 0.776. The molecule has 0 spiro atoms. The Hall–Kier alpha value is -5.26. The van der Waals surface area contributed by atoms with Gasteiger partial charge in [-0.25, -0.2) is 9.59 Å². The van der Waals surface area contributed by atoms with Gasteiger partial charge in [0.1, 0.15) is 37.4 Å². The number of non-ortho nitro benzene ring substituents is 1. The lowest BCUT2D eigenvalue weighted by molar-refractivity contribution is -0.396. The summed E-state index contributed by atoms with van der Waals surface area (Å²) in [6.45, 7) is 6.72. The summed E-state index contributed by atoms with van der Waals surface area (Å²) in [6.07, 6.45) is -0.193. The predicted octanol–water partition coefficient (Wildman–Crippen LogP) is 4.73. The number of carbonyl (C=O) groups excluding carboxylic acids is 5. The highest BCUT2D eigenvalue weighted by molar-refractivity contribution is 7.99. The van der Waals surface area contributed by atoms with E-state index in [4.69, 9.17) is 14.2 Å².